The average molecular weight is 371 g/mol. The standard InChI is InChI=1S/C21H25NO5/c1-5-25-18-11-10-16(13-19(18)26-6-2)21(24)27-15(4)20(23)22-17-9-7-8-14(3)12-17/h7-13,15H,5-6H2,1-4H3,(H,22,23). The van der Waals surface area contributed by atoms with Crippen molar-refractivity contribution in [2.45, 2.75) is 33.8 Å². The SMILES string of the molecule is CCOc1ccc(C(=O)OC(C)C(=O)Nc2cccc(C)c2)cc1OCC. The van der Waals surface area contributed by atoms with Crippen molar-refractivity contribution in [3.63, 3.8) is 0 Å². The topological polar surface area (TPSA) is 73.9 Å². The molecule has 6 nitrogen and oxygen atoms in total. The molecule has 0 saturated carbocycles. The molecular formula is C21H25NO5. The van der Waals surface area contributed by atoms with E-state index in [9.17, 15) is 9.59 Å². The largest absolute Gasteiger partial charge is 0.490 e. The van der Waals surface area contributed by atoms with E-state index in [1.807, 2.05) is 39.0 Å². The van der Waals surface area contributed by atoms with Crippen molar-refractivity contribution in [3.8, 4) is 11.5 Å². The van der Waals surface area contributed by atoms with Crippen LogP contribution in [-0.4, -0.2) is 31.2 Å². The molecule has 6 heteroatoms. The van der Waals surface area contributed by atoms with Gasteiger partial charge in [0.15, 0.2) is 17.6 Å². The Kier molecular flexibility index (Phi) is 7.23. The van der Waals surface area contributed by atoms with Gasteiger partial charge in [-0.05, 0) is 63.6 Å². The minimum Gasteiger partial charge on any atom is -0.490 e. The molecule has 1 N–H and O–H groups in total. The Morgan fingerprint density at radius 1 is 1.00 bits per heavy atom. The second kappa shape index (κ2) is 9.62. The van der Waals surface area contributed by atoms with Gasteiger partial charge in [-0.2, -0.15) is 0 Å². The lowest BCUT2D eigenvalue weighted by Crippen LogP contribution is -2.30. The molecule has 0 spiro atoms. The number of carbonyl (C=O) groups excluding carboxylic acids is 2. The quantitative estimate of drug-likeness (QED) is 0.711. The minimum absolute atomic E-state index is 0.289. The van der Waals surface area contributed by atoms with Crippen LogP contribution in [0.5, 0.6) is 11.5 Å². The van der Waals surface area contributed by atoms with E-state index >= 15 is 0 Å². The number of hydrogen-bond acceptors (Lipinski definition) is 5. The Balaban J connectivity index is 2.04. The second-order valence-electron chi connectivity index (χ2n) is 5.93. The summed E-state index contributed by atoms with van der Waals surface area (Å²) in [7, 11) is 0. The lowest BCUT2D eigenvalue weighted by atomic mass is 10.2. The lowest BCUT2D eigenvalue weighted by molar-refractivity contribution is -0.123. The number of carbonyl (C=O) groups is 2. The number of rotatable bonds is 8. The van der Waals surface area contributed by atoms with Gasteiger partial charge in [0.05, 0.1) is 18.8 Å². The van der Waals surface area contributed by atoms with Crippen LogP contribution in [0.2, 0.25) is 0 Å². The third-order valence-electron chi connectivity index (χ3n) is 3.72. The maximum atomic E-state index is 12.4. The summed E-state index contributed by atoms with van der Waals surface area (Å²) in [6.45, 7) is 8.10. The molecule has 2 aromatic carbocycles. The zero-order chi connectivity index (χ0) is 19.8. The minimum atomic E-state index is -0.944. The molecule has 2 rings (SSSR count). The molecule has 0 saturated heterocycles. The van der Waals surface area contributed by atoms with Gasteiger partial charge in [0.1, 0.15) is 0 Å². The zero-order valence-electron chi connectivity index (χ0n) is 16.1. The number of ether oxygens (including phenoxy) is 3. The molecule has 144 valence electrons. The predicted molar refractivity (Wildman–Crippen MR) is 103 cm³/mol. The number of esters is 1. The molecule has 0 heterocycles. The highest BCUT2D eigenvalue weighted by molar-refractivity contribution is 5.97. The van der Waals surface area contributed by atoms with Gasteiger partial charge in [-0.15, -0.1) is 0 Å². The third-order valence-corrected chi connectivity index (χ3v) is 3.72. The van der Waals surface area contributed by atoms with E-state index in [0.29, 0.717) is 30.4 Å². The molecule has 1 amide bonds. The van der Waals surface area contributed by atoms with Crippen LogP contribution in [0.4, 0.5) is 5.69 Å². The normalized spacial score (nSPS) is 11.4. The first-order chi connectivity index (χ1) is 12.9. The summed E-state index contributed by atoms with van der Waals surface area (Å²) < 4.78 is 16.3. The zero-order valence-corrected chi connectivity index (χ0v) is 16.1. The first-order valence-electron chi connectivity index (χ1n) is 8.92. The lowest BCUT2D eigenvalue weighted by Gasteiger charge is -2.15. The molecule has 0 aliphatic heterocycles. The van der Waals surface area contributed by atoms with Gasteiger partial charge in [0, 0.05) is 5.69 Å². The van der Waals surface area contributed by atoms with Crippen molar-refractivity contribution in [1.29, 1.82) is 0 Å². The van der Waals surface area contributed by atoms with Crippen molar-refractivity contribution < 1.29 is 23.8 Å². The molecule has 0 radical (unpaired) electrons. The maximum Gasteiger partial charge on any atom is 0.339 e. The van der Waals surface area contributed by atoms with Crippen LogP contribution in [0.15, 0.2) is 42.5 Å². The van der Waals surface area contributed by atoms with Gasteiger partial charge in [0.2, 0.25) is 0 Å². The highest BCUT2D eigenvalue weighted by Gasteiger charge is 2.20. The number of anilines is 1. The molecule has 1 atom stereocenters. The van der Waals surface area contributed by atoms with Crippen LogP contribution in [0, 0.1) is 6.92 Å². The van der Waals surface area contributed by atoms with Gasteiger partial charge >= 0.3 is 5.97 Å². The molecule has 27 heavy (non-hydrogen) atoms. The van der Waals surface area contributed by atoms with Crippen molar-refractivity contribution in [2.75, 3.05) is 18.5 Å². The van der Waals surface area contributed by atoms with Crippen molar-refractivity contribution in [2.24, 2.45) is 0 Å². The van der Waals surface area contributed by atoms with Gasteiger partial charge in [0.25, 0.3) is 5.91 Å². The number of hydrogen-bond donors (Lipinski definition) is 1. The van der Waals surface area contributed by atoms with Crippen molar-refractivity contribution in [1.82, 2.24) is 0 Å². The molecular weight excluding hydrogens is 346 g/mol. The number of benzene rings is 2. The van der Waals surface area contributed by atoms with Crippen LogP contribution in [0.1, 0.15) is 36.7 Å². The van der Waals surface area contributed by atoms with E-state index in [4.69, 9.17) is 14.2 Å². The van der Waals surface area contributed by atoms with Crippen LogP contribution in [-0.2, 0) is 9.53 Å². The van der Waals surface area contributed by atoms with E-state index < -0.39 is 18.0 Å². The number of aryl methyl sites for hydroxylation is 1. The van der Waals surface area contributed by atoms with Gasteiger partial charge in [-0.25, -0.2) is 4.79 Å². The Morgan fingerprint density at radius 2 is 1.70 bits per heavy atom. The molecule has 0 aromatic heterocycles. The van der Waals surface area contributed by atoms with E-state index in [-0.39, 0.29) is 5.56 Å². The first kappa shape index (κ1) is 20.3. The van der Waals surface area contributed by atoms with E-state index in [0.717, 1.165) is 5.56 Å². The molecule has 2 aromatic rings. The third kappa shape index (κ3) is 5.74. The van der Waals surface area contributed by atoms with Crippen LogP contribution < -0.4 is 14.8 Å². The maximum absolute atomic E-state index is 12.4. The summed E-state index contributed by atoms with van der Waals surface area (Å²) in [4.78, 5) is 24.7. The molecule has 0 aliphatic rings. The second-order valence-corrected chi connectivity index (χ2v) is 5.93. The monoisotopic (exact) mass is 371 g/mol. The Labute approximate surface area is 159 Å². The fraction of sp³-hybridized carbons (Fsp3) is 0.333. The Morgan fingerprint density at radius 3 is 2.37 bits per heavy atom. The van der Waals surface area contributed by atoms with Crippen molar-refractivity contribution in [3.05, 3.63) is 53.6 Å². The van der Waals surface area contributed by atoms with E-state index in [1.54, 1.807) is 24.3 Å². The van der Waals surface area contributed by atoms with E-state index in [2.05, 4.69) is 5.32 Å². The first-order valence-corrected chi connectivity index (χ1v) is 8.92. The highest BCUT2D eigenvalue weighted by Crippen LogP contribution is 2.29. The fourth-order valence-corrected chi connectivity index (χ4v) is 2.43. The molecule has 0 bridgehead atoms. The summed E-state index contributed by atoms with van der Waals surface area (Å²) in [5.74, 6) is 0.0163. The number of amides is 1. The summed E-state index contributed by atoms with van der Waals surface area (Å²) in [5, 5.41) is 2.74. The van der Waals surface area contributed by atoms with Crippen LogP contribution >= 0.6 is 0 Å². The van der Waals surface area contributed by atoms with Gasteiger partial charge in [-0.1, -0.05) is 12.1 Å². The summed E-state index contributed by atoms with van der Waals surface area (Å²) in [5.41, 5.74) is 1.97. The molecule has 0 aliphatic carbocycles. The predicted octanol–water partition coefficient (Wildman–Crippen LogP) is 3.98. The van der Waals surface area contributed by atoms with Crippen LogP contribution in [0.3, 0.4) is 0 Å². The van der Waals surface area contributed by atoms with Gasteiger partial charge < -0.3 is 19.5 Å². The number of nitrogens with one attached hydrogen (secondary N) is 1. The fourth-order valence-electron chi connectivity index (χ4n) is 2.43. The highest BCUT2D eigenvalue weighted by atomic mass is 16.5. The summed E-state index contributed by atoms with van der Waals surface area (Å²) in [6, 6.07) is 12.2. The van der Waals surface area contributed by atoms with Crippen molar-refractivity contribution >= 4 is 17.6 Å². The van der Waals surface area contributed by atoms with E-state index in [1.165, 1.54) is 6.92 Å². The Hall–Kier alpha value is -3.02. The van der Waals surface area contributed by atoms with Crippen LogP contribution in [0.25, 0.3) is 0 Å². The Bertz CT molecular complexity index is 803. The summed E-state index contributed by atoms with van der Waals surface area (Å²) >= 11 is 0. The summed E-state index contributed by atoms with van der Waals surface area (Å²) in [6.07, 6.45) is -0.944. The molecule has 0 fully saturated rings. The van der Waals surface area contributed by atoms with Gasteiger partial charge in [-0.3, -0.25) is 4.79 Å². The average Bonchev–Trinajstić information content (AvgIpc) is 2.63. The smallest absolute Gasteiger partial charge is 0.339 e. The molecule has 1 unspecified atom stereocenters.